The van der Waals surface area contributed by atoms with Crippen molar-refractivity contribution in [2.75, 3.05) is 0 Å². The van der Waals surface area contributed by atoms with Crippen LogP contribution in [0.25, 0.3) is 0 Å². The number of amides is 1. The van der Waals surface area contributed by atoms with Gasteiger partial charge in [-0.15, -0.1) is 0 Å². The van der Waals surface area contributed by atoms with Crippen LogP contribution in [0, 0.1) is 13.8 Å². The molecule has 1 aliphatic rings. The van der Waals surface area contributed by atoms with Crippen LogP contribution in [-0.2, 0) is 11.2 Å². The molecule has 1 heterocycles. The highest BCUT2D eigenvalue weighted by molar-refractivity contribution is 5.77. The molecule has 1 aliphatic heterocycles. The molecule has 3 heteroatoms. The van der Waals surface area contributed by atoms with Gasteiger partial charge in [-0.05, 0) is 51.3 Å². The van der Waals surface area contributed by atoms with Gasteiger partial charge in [0.2, 0.25) is 5.91 Å². The summed E-state index contributed by atoms with van der Waals surface area (Å²) in [5.41, 5.74) is 4.40. The maximum atomic E-state index is 12.5. The van der Waals surface area contributed by atoms with E-state index in [-0.39, 0.29) is 17.6 Å². The summed E-state index contributed by atoms with van der Waals surface area (Å²) in [4.78, 5) is 12.5. The number of ether oxygens (including phenoxy) is 1. The highest BCUT2D eigenvalue weighted by Gasteiger charge is 2.34. The van der Waals surface area contributed by atoms with Gasteiger partial charge in [0.15, 0.2) is 0 Å². The Bertz CT molecular complexity index is 762. The van der Waals surface area contributed by atoms with Crippen LogP contribution in [0.3, 0.4) is 0 Å². The zero-order valence-electron chi connectivity index (χ0n) is 15.6. The number of benzene rings is 2. The average Bonchev–Trinajstić information content (AvgIpc) is 2.52. The van der Waals surface area contributed by atoms with Gasteiger partial charge in [-0.25, -0.2) is 0 Å². The first-order valence-corrected chi connectivity index (χ1v) is 8.97. The van der Waals surface area contributed by atoms with Gasteiger partial charge in [-0.2, -0.15) is 0 Å². The Hall–Kier alpha value is -2.29. The molecule has 1 amide bonds. The second kappa shape index (κ2) is 6.91. The number of carbonyl (C=O) groups is 1. The lowest BCUT2D eigenvalue weighted by Gasteiger charge is -2.38. The van der Waals surface area contributed by atoms with E-state index in [1.54, 1.807) is 0 Å². The zero-order chi connectivity index (χ0) is 18.0. The molecule has 0 saturated carbocycles. The molecule has 25 heavy (non-hydrogen) atoms. The van der Waals surface area contributed by atoms with Crippen LogP contribution in [0.1, 0.15) is 55.0 Å². The Balaban J connectivity index is 1.67. The first kappa shape index (κ1) is 17.5. The largest absolute Gasteiger partial charge is 0.487 e. The monoisotopic (exact) mass is 337 g/mol. The Morgan fingerprint density at radius 1 is 1.12 bits per heavy atom. The van der Waals surface area contributed by atoms with Crippen LogP contribution in [0.2, 0.25) is 0 Å². The molecule has 3 rings (SSSR count). The van der Waals surface area contributed by atoms with E-state index < -0.39 is 0 Å². The number of aryl methyl sites for hydroxylation is 3. The lowest BCUT2D eigenvalue weighted by Crippen LogP contribution is -2.41. The molecule has 132 valence electrons. The van der Waals surface area contributed by atoms with E-state index in [2.05, 4.69) is 75.5 Å². The van der Waals surface area contributed by atoms with Crippen LogP contribution >= 0.6 is 0 Å². The van der Waals surface area contributed by atoms with Gasteiger partial charge in [0.25, 0.3) is 0 Å². The lowest BCUT2D eigenvalue weighted by atomic mass is 9.89. The summed E-state index contributed by atoms with van der Waals surface area (Å²) in [6.07, 6.45) is 2.04. The van der Waals surface area contributed by atoms with Gasteiger partial charge in [-0.1, -0.05) is 42.0 Å². The summed E-state index contributed by atoms with van der Waals surface area (Å²) < 4.78 is 6.10. The normalized spacial score (nSPS) is 18.2. The third-order valence-electron chi connectivity index (χ3n) is 4.72. The van der Waals surface area contributed by atoms with E-state index >= 15 is 0 Å². The molecule has 0 bridgehead atoms. The molecule has 3 nitrogen and oxygen atoms in total. The first-order chi connectivity index (χ1) is 11.8. The van der Waals surface area contributed by atoms with Crippen molar-refractivity contribution in [1.82, 2.24) is 5.32 Å². The predicted octanol–water partition coefficient (Wildman–Crippen LogP) is 4.65. The molecule has 1 N–H and O–H groups in total. The summed E-state index contributed by atoms with van der Waals surface area (Å²) in [6.45, 7) is 8.27. The van der Waals surface area contributed by atoms with Gasteiger partial charge in [0, 0.05) is 18.4 Å². The van der Waals surface area contributed by atoms with E-state index in [1.165, 1.54) is 16.7 Å². The smallest absolute Gasteiger partial charge is 0.220 e. The molecule has 0 aliphatic carbocycles. The molecule has 1 atom stereocenters. The van der Waals surface area contributed by atoms with Gasteiger partial charge in [-0.3, -0.25) is 4.79 Å². The van der Waals surface area contributed by atoms with Crippen LogP contribution in [0.15, 0.2) is 42.5 Å². The second-order valence-corrected chi connectivity index (χ2v) is 7.71. The Morgan fingerprint density at radius 3 is 2.52 bits per heavy atom. The summed E-state index contributed by atoms with van der Waals surface area (Å²) in [5.74, 6) is 0.981. The molecule has 0 radical (unpaired) electrons. The van der Waals surface area contributed by atoms with Crippen LogP contribution in [0.5, 0.6) is 5.75 Å². The molecule has 2 aromatic rings. The summed E-state index contributed by atoms with van der Waals surface area (Å²) in [5, 5.41) is 3.21. The fraction of sp³-hybridized carbons (Fsp3) is 0.409. The van der Waals surface area contributed by atoms with E-state index in [1.807, 2.05) is 0 Å². The number of carbonyl (C=O) groups excluding carboxylic acids is 1. The van der Waals surface area contributed by atoms with E-state index in [0.29, 0.717) is 6.42 Å². The predicted molar refractivity (Wildman–Crippen MR) is 101 cm³/mol. The minimum atomic E-state index is -0.282. The first-order valence-electron chi connectivity index (χ1n) is 8.97. The van der Waals surface area contributed by atoms with Gasteiger partial charge >= 0.3 is 0 Å². The minimum Gasteiger partial charge on any atom is -0.487 e. The van der Waals surface area contributed by atoms with E-state index in [9.17, 15) is 4.79 Å². The summed E-state index contributed by atoms with van der Waals surface area (Å²) >= 11 is 0. The molecule has 1 unspecified atom stereocenters. The maximum absolute atomic E-state index is 12.5. The minimum absolute atomic E-state index is 0.00451. The SMILES string of the molecule is Cc1ccc(CCC(=O)NC2CC(C)(C)Oc3cc(C)ccc32)cc1. The number of hydrogen-bond donors (Lipinski definition) is 1. The zero-order valence-corrected chi connectivity index (χ0v) is 15.6. The Kier molecular flexibility index (Phi) is 4.85. The van der Waals surface area contributed by atoms with Crippen molar-refractivity contribution < 1.29 is 9.53 Å². The standard InChI is InChI=1S/C22H27NO2/c1-15-5-8-17(9-6-15)10-12-21(24)23-19-14-22(3,4)25-20-13-16(2)7-11-18(19)20/h5-9,11,13,19H,10,12,14H2,1-4H3,(H,23,24). The fourth-order valence-corrected chi connectivity index (χ4v) is 3.37. The third-order valence-corrected chi connectivity index (χ3v) is 4.72. The van der Waals surface area contributed by atoms with Crippen molar-refractivity contribution in [1.29, 1.82) is 0 Å². The second-order valence-electron chi connectivity index (χ2n) is 7.71. The van der Waals surface area contributed by atoms with Gasteiger partial charge in [0.1, 0.15) is 11.4 Å². The number of rotatable bonds is 4. The van der Waals surface area contributed by atoms with E-state index in [0.717, 1.165) is 24.2 Å². The topological polar surface area (TPSA) is 38.3 Å². The summed E-state index contributed by atoms with van der Waals surface area (Å²) in [6, 6.07) is 14.6. The molecular formula is C22H27NO2. The highest BCUT2D eigenvalue weighted by Crippen LogP contribution is 2.39. The molecule has 0 spiro atoms. The molecule has 0 saturated heterocycles. The van der Waals surface area contributed by atoms with Crippen molar-refractivity contribution in [3.05, 3.63) is 64.7 Å². The number of nitrogens with one attached hydrogen (secondary N) is 1. The van der Waals surface area contributed by atoms with Crippen molar-refractivity contribution in [2.45, 2.75) is 58.6 Å². The lowest BCUT2D eigenvalue weighted by molar-refractivity contribution is -0.122. The number of hydrogen-bond acceptors (Lipinski definition) is 2. The van der Waals surface area contributed by atoms with E-state index in [4.69, 9.17) is 4.74 Å². The van der Waals surface area contributed by atoms with Crippen molar-refractivity contribution >= 4 is 5.91 Å². The number of fused-ring (bicyclic) bond motifs is 1. The Morgan fingerprint density at radius 2 is 1.80 bits per heavy atom. The van der Waals surface area contributed by atoms with Gasteiger partial charge < -0.3 is 10.1 Å². The Labute approximate surface area is 150 Å². The molecule has 0 fully saturated rings. The highest BCUT2D eigenvalue weighted by atomic mass is 16.5. The van der Waals surface area contributed by atoms with Crippen LogP contribution < -0.4 is 10.1 Å². The fourth-order valence-electron chi connectivity index (χ4n) is 3.37. The van der Waals surface area contributed by atoms with Crippen LogP contribution in [0.4, 0.5) is 0 Å². The van der Waals surface area contributed by atoms with Gasteiger partial charge in [0.05, 0.1) is 6.04 Å². The molecule has 2 aromatic carbocycles. The van der Waals surface area contributed by atoms with Crippen LogP contribution in [-0.4, -0.2) is 11.5 Å². The average molecular weight is 337 g/mol. The van der Waals surface area contributed by atoms with Crippen molar-refractivity contribution in [3.8, 4) is 5.75 Å². The van der Waals surface area contributed by atoms with Crippen molar-refractivity contribution in [3.63, 3.8) is 0 Å². The molecular weight excluding hydrogens is 310 g/mol. The molecule has 0 aromatic heterocycles. The maximum Gasteiger partial charge on any atom is 0.220 e. The third kappa shape index (κ3) is 4.41. The van der Waals surface area contributed by atoms with Crippen molar-refractivity contribution in [2.24, 2.45) is 0 Å². The quantitative estimate of drug-likeness (QED) is 0.881. The summed E-state index contributed by atoms with van der Waals surface area (Å²) in [7, 11) is 0.